The van der Waals surface area contributed by atoms with Crippen molar-refractivity contribution in [2.75, 3.05) is 31.1 Å². The molecule has 0 spiro atoms. The highest BCUT2D eigenvalue weighted by Gasteiger charge is 2.27. The summed E-state index contributed by atoms with van der Waals surface area (Å²) in [5.41, 5.74) is 3.07. The highest BCUT2D eigenvalue weighted by atomic mass is 19.1. The molecule has 2 aliphatic rings. The van der Waals surface area contributed by atoms with Gasteiger partial charge < -0.3 is 14.4 Å². The van der Waals surface area contributed by atoms with Crippen LogP contribution in [0.25, 0.3) is 11.0 Å². The van der Waals surface area contributed by atoms with Gasteiger partial charge in [-0.05, 0) is 48.6 Å². The molecule has 168 valence electrons. The molecule has 1 aromatic heterocycles. The molecule has 2 heterocycles. The Kier molecular flexibility index (Phi) is 6.10. The average Bonchev–Trinajstić information content (AvgIpc) is 3.19. The molecule has 0 unspecified atom stereocenters. The number of anilines is 1. The molecular formula is C26H31FN4O. The van der Waals surface area contributed by atoms with Gasteiger partial charge in [-0.3, -0.25) is 4.79 Å². The quantitative estimate of drug-likeness (QED) is 0.577. The summed E-state index contributed by atoms with van der Waals surface area (Å²) in [5.74, 6) is 1.60. The van der Waals surface area contributed by atoms with Crippen molar-refractivity contribution in [1.29, 1.82) is 0 Å². The standard InChI is InChI=1S/C26H31FN4O/c27-22-12-10-21(11-13-22)19-31-24-9-5-4-8-23(24)28-26(31)30-16-14-29(15-17-30)25(32)18-20-6-2-1-3-7-20/h4-5,8-13,20H,1-3,6-7,14-19H2. The molecule has 5 rings (SSSR count). The SMILES string of the molecule is O=C(CC1CCCCC1)N1CCN(c2nc3ccccc3n2Cc2ccc(F)cc2)CC1. The maximum Gasteiger partial charge on any atom is 0.222 e. The number of nitrogens with zero attached hydrogens (tertiary/aromatic N) is 4. The van der Waals surface area contributed by atoms with Crippen molar-refractivity contribution in [2.24, 2.45) is 5.92 Å². The minimum atomic E-state index is -0.224. The third kappa shape index (κ3) is 4.50. The van der Waals surface area contributed by atoms with E-state index in [4.69, 9.17) is 4.98 Å². The van der Waals surface area contributed by atoms with Crippen LogP contribution in [-0.2, 0) is 11.3 Å². The van der Waals surface area contributed by atoms with Crippen molar-refractivity contribution >= 4 is 22.9 Å². The number of amides is 1. The Morgan fingerprint density at radius 3 is 2.41 bits per heavy atom. The van der Waals surface area contributed by atoms with Crippen LogP contribution in [0.4, 0.5) is 10.3 Å². The van der Waals surface area contributed by atoms with Crippen LogP contribution in [0, 0.1) is 11.7 Å². The fraction of sp³-hybridized carbons (Fsp3) is 0.462. The van der Waals surface area contributed by atoms with Crippen molar-refractivity contribution in [3.63, 3.8) is 0 Å². The van der Waals surface area contributed by atoms with E-state index in [0.717, 1.165) is 48.7 Å². The van der Waals surface area contributed by atoms with E-state index in [2.05, 4.69) is 15.5 Å². The molecule has 0 N–H and O–H groups in total. The third-order valence-electron chi connectivity index (χ3n) is 6.99. The summed E-state index contributed by atoms with van der Waals surface area (Å²) < 4.78 is 15.6. The molecule has 0 bridgehead atoms. The van der Waals surface area contributed by atoms with Crippen molar-refractivity contribution in [2.45, 2.75) is 45.1 Å². The second kappa shape index (κ2) is 9.31. The molecule has 0 radical (unpaired) electrons. The highest BCUT2D eigenvalue weighted by molar-refractivity contribution is 5.79. The zero-order valence-electron chi connectivity index (χ0n) is 18.5. The van der Waals surface area contributed by atoms with Gasteiger partial charge in [0.15, 0.2) is 0 Å². The zero-order chi connectivity index (χ0) is 21.9. The molecule has 2 fully saturated rings. The molecule has 1 saturated carbocycles. The van der Waals surface area contributed by atoms with Gasteiger partial charge in [-0.1, -0.05) is 43.5 Å². The van der Waals surface area contributed by atoms with Gasteiger partial charge in [-0.25, -0.2) is 9.37 Å². The molecule has 0 atom stereocenters. The predicted molar refractivity (Wildman–Crippen MR) is 125 cm³/mol. The van der Waals surface area contributed by atoms with Gasteiger partial charge >= 0.3 is 0 Å². The Labute approximate surface area is 188 Å². The fourth-order valence-corrected chi connectivity index (χ4v) is 5.16. The number of rotatable bonds is 5. The molecule has 32 heavy (non-hydrogen) atoms. The Hall–Kier alpha value is -2.89. The lowest BCUT2D eigenvalue weighted by molar-refractivity contribution is -0.132. The van der Waals surface area contributed by atoms with Crippen LogP contribution in [0.1, 0.15) is 44.1 Å². The molecule has 1 aliphatic carbocycles. The predicted octanol–water partition coefficient (Wildman–Crippen LogP) is 4.84. The van der Waals surface area contributed by atoms with E-state index >= 15 is 0 Å². The number of piperazine rings is 1. The molecule has 3 aromatic rings. The van der Waals surface area contributed by atoms with Gasteiger partial charge in [0.1, 0.15) is 5.82 Å². The van der Waals surface area contributed by atoms with Gasteiger partial charge in [0.05, 0.1) is 17.6 Å². The van der Waals surface area contributed by atoms with Crippen molar-refractivity contribution < 1.29 is 9.18 Å². The van der Waals surface area contributed by atoms with E-state index in [1.54, 1.807) is 0 Å². The highest BCUT2D eigenvalue weighted by Crippen LogP contribution is 2.28. The summed E-state index contributed by atoms with van der Waals surface area (Å²) in [6.07, 6.45) is 7.00. The maximum atomic E-state index is 13.4. The Morgan fingerprint density at radius 1 is 0.938 bits per heavy atom. The Bertz CT molecular complexity index is 1060. The first-order chi connectivity index (χ1) is 15.7. The van der Waals surface area contributed by atoms with Gasteiger partial charge in [-0.15, -0.1) is 0 Å². The largest absolute Gasteiger partial charge is 0.339 e. The van der Waals surface area contributed by atoms with Crippen LogP contribution < -0.4 is 4.90 Å². The number of hydrogen-bond acceptors (Lipinski definition) is 3. The number of carbonyl (C=O) groups excluding carboxylic acids is 1. The lowest BCUT2D eigenvalue weighted by atomic mass is 9.86. The summed E-state index contributed by atoms with van der Waals surface area (Å²) in [4.78, 5) is 22.1. The van der Waals surface area contributed by atoms with Gasteiger partial charge in [0.25, 0.3) is 0 Å². The first kappa shape index (κ1) is 21.0. The number of carbonyl (C=O) groups is 1. The second-order valence-electron chi connectivity index (χ2n) is 9.19. The number of halogens is 1. The average molecular weight is 435 g/mol. The van der Waals surface area contributed by atoms with E-state index in [1.807, 2.05) is 35.2 Å². The van der Waals surface area contributed by atoms with Gasteiger partial charge in [0.2, 0.25) is 11.9 Å². The lowest BCUT2D eigenvalue weighted by Crippen LogP contribution is -2.49. The smallest absolute Gasteiger partial charge is 0.222 e. The van der Waals surface area contributed by atoms with E-state index in [9.17, 15) is 9.18 Å². The Balaban J connectivity index is 1.30. The third-order valence-corrected chi connectivity index (χ3v) is 6.99. The van der Waals surface area contributed by atoms with E-state index in [-0.39, 0.29) is 5.82 Å². The van der Waals surface area contributed by atoms with Crippen molar-refractivity contribution in [1.82, 2.24) is 14.5 Å². The minimum Gasteiger partial charge on any atom is -0.339 e. The number of hydrogen-bond donors (Lipinski definition) is 0. The Morgan fingerprint density at radius 2 is 1.66 bits per heavy atom. The summed E-state index contributed by atoms with van der Waals surface area (Å²) in [7, 11) is 0. The normalized spacial score (nSPS) is 17.8. The van der Waals surface area contributed by atoms with Crippen molar-refractivity contribution in [3.8, 4) is 0 Å². The summed E-state index contributed by atoms with van der Waals surface area (Å²) in [5, 5.41) is 0. The van der Waals surface area contributed by atoms with Gasteiger partial charge in [-0.2, -0.15) is 0 Å². The summed E-state index contributed by atoms with van der Waals surface area (Å²) >= 11 is 0. The van der Waals surface area contributed by atoms with E-state index in [0.29, 0.717) is 24.8 Å². The number of aromatic nitrogens is 2. The summed E-state index contributed by atoms with van der Waals surface area (Å²) in [6.45, 7) is 3.68. The van der Waals surface area contributed by atoms with Crippen LogP contribution in [0.3, 0.4) is 0 Å². The van der Waals surface area contributed by atoms with Crippen LogP contribution in [0.15, 0.2) is 48.5 Å². The first-order valence-electron chi connectivity index (χ1n) is 11.9. The fourth-order valence-electron chi connectivity index (χ4n) is 5.16. The van der Waals surface area contributed by atoms with Crippen LogP contribution in [0.2, 0.25) is 0 Å². The van der Waals surface area contributed by atoms with Crippen LogP contribution in [0.5, 0.6) is 0 Å². The monoisotopic (exact) mass is 434 g/mol. The van der Waals surface area contributed by atoms with Crippen LogP contribution in [-0.4, -0.2) is 46.5 Å². The minimum absolute atomic E-state index is 0.224. The molecule has 2 aromatic carbocycles. The molecule has 1 aliphatic heterocycles. The molecule has 1 saturated heterocycles. The maximum absolute atomic E-state index is 13.4. The summed E-state index contributed by atoms with van der Waals surface area (Å²) in [6, 6.07) is 14.8. The second-order valence-corrected chi connectivity index (χ2v) is 9.19. The zero-order valence-corrected chi connectivity index (χ0v) is 18.5. The molecule has 6 heteroatoms. The van der Waals surface area contributed by atoms with Gasteiger partial charge in [0, 0.05) is 32.6 Å². The van der Waals surface area contributed by atoms with E-state index in [1.165, 1.54) is 44.2 Å². The topological polar surface area (TPSA) is 41.4 Å². The molecular weight excluding hydrogens is 403 g/mol. The number of fused-ring (bicyclic) bond motifs is 1. The van der Waals surface area contributed by atoms with E-state index < -0.39 is 0 Å². The lowest BCUT2D eigenvalue weighted by Gasteiger charge is -2.36. The molecule has 1 amide bonds. The number of benzene rings is 2. The molecule has 5 nitrogen and oxygen atoms in total. The van der Waals surface area contributed by atoms with Crippen molar-refractivity contribution in [3.05, 3.63) is 59.9 Å². The first-order valence-corrected chi connectivity index (χ1v) is 11.9. The number of imidazole rings is 1. The number of para-hydroxylation sites is 2. The van der Waals surface area contributed by atoms with Crippen LogP contribution >= 0.6 is 0 Å².